The lowest BCUT2D eigenvalue weighted by Gasteiger charge is -2.08. The minimum absolute atomic E-state index is 0.806. The van der Waals surface area contributed by atoms with Gasteiger partial charge in [0.15, 0.2) is 11.0 Å². The van der Waals surface area contributed by atoms with Gasteiger partial charge in [-0.15, -0.1) is 0 Å². The fourth-order valence-corrected chi connectivity index (χ4v) is 5.55. The van der Waals surface area contributed by atoms with Crippen LogP contribution in [-0.2, 0) is 13.1 Å². The number of aromatic nitrogens is 2. The zero-order valence-corrected chi connectivity index (χ0v) is 20.6. The molecular weight excluding hydrogens is 448 g/mol. The van der Waals surface area contributed by atoms with Gasteiger partial charge in [-0.1, -0.05) is 103 Å². The Balaban J connectivity index is 1.42. The molecule has 7 aromatic rings. The molecule has 0 atom stereocenters. The van der Waals surface area contributed by atoms with Crippen molar-refractivity contribution in [2.75, 3.05) is 0 Å². The number of rotatable bonds is 5. The highest BCUT2D eigenvalue weighted by Crippen LogP contribution is 2.27. The predicted molar refractivity (Wildman–Crippen MR) is 154 cm³/mol. The lowest BCUT2D eigenvalue weighted by Crippen LogP contribution is -2.36. The molecular formula is C35H27N2+. The van der Waals surface area contributed by atoms with Crippen molar-refractivity contribution in [2.45, 2.75) is 13.1 Å². The molecule has 37 heavy (non-hydrogen) atoms. The Labute approximate surface area is 216 Å². The molecule has 7 rings (SSSR count). The smallest absolute Gasteiger partial charge is 0.219 e. The second-order valence-electron chi connectivity index (χ2n) is 9.71. The van der Waals surface area contributed by atoms with Crippen molar-refractivity contribution in [2.24, 2.45) is 0 Å². The van der Waals surface area contributed by atoms with Crippen LogP contribution in [0, 0.1) is 0 Å². The number of imidazole rings is 1. The van der Waals surface area contributed by atoms with Crippen LogP contribution in [0.5, 0.6) is 0 Å². The minimum atomic E-state index is 0.806. The molecule has 0 N–H and O–H groups in total. The standard InChI is InChI=1S/C35H27N2/c1-2-12-30(13-3-1)35-36(24-26-18-20-28-10-4-6-14-31(28)22-26)33-16-8-9-17-34(33)37(35)25-27-19-21-29-11-5-7-15-32(29)23-27/h1-23H,24-25H2/q+1. The van der Waals surface area contributed by atoms with E-state index in [4.69, 9.17) is 0 Å². The normalized spacial score (nSPS) is 11.5. The summed E-state index contributed by atoms with van der Waals surface area (Å²) in [4.78, 5) is 0. The predicted octanol–water partition coefficient (Wildman–Crippen LogP) is 8.00. The van der Waals surface area contributed by atoms with Crippen LogP contribution in [0.25, 0.3) is 44.0 Å². The Morgan fingerprint density at radius 1 is 0.486 bits per heavy atom. The molecule has 0 spiro atoms. The van der Waals surface area contributed by atoms with E-state index in [0.717, 1.165) is 13.1 Å². The second-order valence-corrected chi connectivity index (χ2v) is 9.71. The van der Waals surface area contributed by atoms with Crippen molar-refractivity contribution in [3.05, 3.63) is 151 Å². The lowest BCUT2D eigenvalue weighted by atomic mass is 10.1. The lowest BCUT2D eigenvalue weighted by molar-refractivity contribution is -0.651. The summed E-state index contributed by atoms with van der Waals surface area (Å²) < 4.78 is 4.96. The van der Waals surface area contributed by atoms with E-state index >= 15 is 0 Å². The van der Waals surface area contributed by atoms with Gasteiger partial charge in [0.1, 0.15) is 13.1 Å². The Bertz CT molecular complexity index is 1760. The minimum Gasteiger partial charge on any atom is -0.219 e. The highest BCUT2D eigenvalue weighted by atomic mass is 15.2. The maximum Gasteiger partial charge on any atom is 0.290 e. The molecule has 1 heterocycles. The van der Waals surface area contributed by atoms with E-state index in [0.29, 0.717) is 0 Å². The Hall–Kier alpha value is -4.69. The summed E-state index contributed by atoms with van der Waals surface area (Å²) in [5.74, 6) is 1.23. The largest absolute Gasteiger partial charge is 0.290 e. The monoisotopic (exact) mass is 475 g/mol. The fourth-order valence-electron chi connectivity index (χ4n) is 5.55. The first-order chi connectivity index (χ1) is 18.3. The summed E-state index contributed by atoms with van der Waals surface area (Å²) in [7, 11) is 0. The van der Waals surface area contributed by atoms with Crippen LogP contribution in [0.3, 0.4) is 0 Å². The highest BCUT2D eigenvalue weighted by molar-refractivity contribution is 5.84. The van der Waals surface area contributed by atoms with Crippen LogP contribution < -0.4 is 4.57 Å². The molecule has 0 radical (unpaired) electrons. The van der Waals surface area contributed by atoms with E-state index in [9.17, 15) is 0 Å². The Kier molecular flexibility index (Phi) is 5.29. The summed E-state index contributed by atoms with van der Waals surface area (Å²) >= 11 is 0. The third kappa shape index (κ3) is 3.97. The van der Waals surface area contributed by atoms with Crippen molar-refractivity contribution in [1.29, 1.82) is 0 Å². The van der Waals surface area contributed by atoms with Gasteiger partial charge in [0, 0.05) is 0 Å². The average Bonchev–Trinajstić information content (AvgIpc) is 3.26. The van der Waals surface area contributed by atoms with Crippen LogP contribution >= 0.6 is 0 Å². The van der Waals surface area contributed by atoms with E-state index in [-0.39, 0.29) is 0 Å². The number of nitrogens with zero attached hydrogens (tertiary/aromatic N) is 2. The van der Waals surface area contributed by atoms with Gasteiger partial charge in [0.05, 0.1) is 5.56 Å². The van der Waals surface area contributed by atoms with Crippen LogP contribution in [0.15, 0.2) is 140 Å². The number of fused-ring (bicyclic) bond motifs is 3. The van der Waals surface area contributed by atoms with Gasteiger partial charge in [-0.05, 0) is 69.1 Å². The molecule has 0 saturated carbocycles. The molecule has 0 saturated heterocycles. The number of benzene rings is 6. The van der Waals surface area contributed by atoms with Crippen LogP contribution in [-0.4, -0.2) is 4.57 Å². The van der Waals surface area contributed by atoms with E-state index < -0.39 is 0 Å². The van der Waals surface area contributed by atoms with Gasteiger partial charge in [-0.25, -0.2) is 9.13 Å². The molecule has 0 aliphatic rings. The van der Waals surface area contributed by atoms with E-state index in [1.807, 2.05) is 0 Å². The van der Waals surface area contributed by atoms with Crippen LogP contribution in [0.4, 0.5) is 0 Å². The number of para-hydroxylation sites is 2. The van der Waals surface area contributed by atoms with Crippen molar-refractivity contribution < 1.29 is 4.57 Å². The van der Waals surface area contributed by atoms with E-state index in [2.05, 4.69) is 149 Å². The third-order valence-electron chi connectivity index (χ3n) is 7.32. The second kappa shape index (κ2) is 9.07. The zero-order chi connectivity index (χ0) is 24.6. The fraction of sp³-hybridized carbons (Fsp3) is 0.0571. The van der Waals surface area contributed by atoms with Crippen molar-refractivity contribution >= 4 is 32.6 Å². The SMILES string of the molecule is c1ccc(-c2n(Cc3ccc4ccccc4c3)c3ccccc3[n+]2Cc2ccc3ccccc3c2)cc1. The first-order valence-corrected chi connectivity index (χ1v) is 12.9. The van der Waals surface area contributed by atoms with Crippen LogP contribution in [0.2, 0.25) is 0 Å². The molecule has 2 nitrogen and oxygen atoms in total. The van der Waals surface area contributed by atoms with Gasteiger partial charge in [0.2, 0.25) is 0 Å². The molecule has 1 aromatic heterocycles. The van der Waals surface area contributed by atoms with Gasteiger partial charge >= 0.3 is 0 Å². The van der Waals surface area contributed by atoms with Crippen molar-refractivity contribution in [3.8, 4) is 11.4 Å². The summed E-state index contributed by atoms with van der Waals surface area (Å²) in [6.45, 7) is 1.61. The van der Waals surface area contributed by atoms with E-state index in [1.54, 1.807) is 0 Å². The zero-order valence-electron chi connectivity index (χ0n) is 20.6. The van der Waals surface area contributed by atoms with Gasteiger partial charge < -0.3 is 0 Å². The Morgan fingerprint density at radius 3 is 1.78 bits per heavy atom. The molecule has 0 aliphatic heterocycles. The van der Waals surface area contributed by atoms with E-state index in [1.165, 1.54) is 55.1 Å². The topological polar surface area (TPSA) is 8.81 Å². The summed E-state index contributed by atoms with van der Waals surface area (Å²) in [5.41, 5.74) is 6.31. The van der Waals surface area contributed by atoms with Crippen molar-refractivity contribution in [1.82, 2.24) is 4.57 Å². The maximum absolute atomic E-state index is 2.48. The van der Waals surface area contributed by atoms with Gasteiger partial charge in [-0.3, -0.25) is 0 Å². The van der Waals surface area contributed by atoms with Crippen LogP contribution in [0.1, 0.15) is 11.1 Å². The quantitative estimate of drug-likeness (QED) is 0.223. The first-order valence-electron chi connectivity index (χ1n) is 12.9. The average molecular weight is 476 g/mol. The maximum atomic E-state index is 2.48. The third-order valence-corrected chi connectivity index (χ3v) is 7.32. The molecule has 2 heteroatoms. The van der Waals surface area contributed by atoms with Crippen molar-refractivity contribution in [3.63, 3.8) is 0 Å². The molecule has 0 fully saturated rings. The number of hydrogen-bond donors (Lipinski definition) is 0. The molecule has 0 bridgehead atoms. The first kappa shape index (κ1) is 21.6. The van der Waals surface area contributed by atoms with Gasteiger partial charge in [0.25, 0.3) is 5.82 Å². The summed E-state index contributed by atoms with van der Waals surface area (Å²) in [5, 5.41) is 5.11. The molecule has 0 aliphatic carbocycles. The molecule has 0 unspecified atom stereocenters. The number of hydrogen-bond acceptors (Lipinski definition) is 0. The summed E-state index contributed by atoms with van der Waals surface area (Å²) in [6, 6.07) is 50.4. The molecule has 0 amide bonds. The molecule has 6 aromatic carbocycles. The highest BCUT2D eigenvalue weighted by Gasteiger charge is 2.26. The van der Waals surface area contributed by atoms with Gasteiger partial charge in [-0.2, -0.15) is 0 Å². The molecule has 176 valence electrons. The Morgan fingerprint density at radius 2 is 1.05 bits per heavy atom. The summed E-state index contributed by atoms with van der Waals surface area (Å²) in [6.07, 6.45) is 0.